The van der Waals surface area contributed by atoms with Crippen molar-refractivity contribution in [3.63, 3.8) is 0 Å². The van der Waals surface area contributed by atoms with Crippen LogP contribution in [0, 0.1) is 18.2 Å². The van der Waals surface area contributed by atoms with E-state index in [1.54, 1.807) is 35.5 Å². The number of aryl methyl sites for hydroxylation is 1. The fourth-order valence-electron chi connectivity index (χ4n) is 4.33. The van der Waals surface area contributed by atoms with Crippen LogP contribution in [0.25, 0.3) is 28.0 Å². The van der Waals surface area contributed by atoms with Gasteiger partial charge in [0.05, 0.1) is 12.1 Å². The van der Waals surface area contributed by atoms with E-state index in [2.05, 4.69) is 23.8 Å². The van der Waals surface area contributed by atoms with Crippen molar-refractivity contribution in [2.24, 2.45) is 5.41 Å². The van der Waals surface area contributed by atoms with Crippen molar-refractivity contribution in [2.45, 2.75) is 20.8 Å². The van der Waals surface area contributed by atoms with Gasteiger partial charge in [-0.1, -0.05) is 38.1 Å². The zero-order valence-corrected chi connectivity index (χ0v) is 18.9. The number of nitrogens with zero attached hydrogens (tertiary/aromatic N) is 4. The summed E-state index contributed by atoms with van der Waals surface area (Å²) in [5, 5.41) is 1.02. The zero-order valence-electron chi connectivity index (χ0n) is 18.9. The summed E-state index contributed by atoms with van der Waals surface area (Å²) >= 11 is 0. The van der Waals surface area contributed by atoms with Crippen molar-refractivity contribution in [3.8, 4) is 17.1 Å². The van der Waals surface area contributed by atoms with Gasteiger partial charge in [-0.05, 0) is 30.7 Å². The largest absolute Gasteiger partial charge is 0.360 e. The number of benzene rings is 2. The van der Waals surface area contributed by atoms with E-state index >= 15 is 0 Å². The van der Waals surface area contributed by atoms with E-state index in [9.17, 15) is 9.18 Å². The Kier molecular flexibility index (Phi) is 5.21. The van der Waals surface area contributed by atoms with Crippen molar-refractivity contribution in [2.75, 3.05) is 19.9 Å². The summed E-state index contributed by atoms with van der Waals surface area (Å²) in [5.74, 6) is 0.0789. The second-order valence-electron chi connectivity index (χ2n) is 9.31. The molecule has 1 saturated heterocycles. The average molecular weight is 445 g/mol. The molecular formula is C26H25FN4O2. The standard InChI is InChI=1S/C26H25FN4O2/c1-17-13-31(25-28-11-19(12-29-25)21-6-4-5-7-22(21)27)23-10-18(8-9-20(17)23)24(32)30-14-26(2,3)15-33-16-30/h4-13H,14-16H2,1-3H3. The van der Waals surface area contributed by atoms with Gasteiger partial charge < -0.3 is 9.64 Å². The van der Waals surface area contributed by atoms with Gasteiger partial charge in [0.2, 0.25) is 5.95 Å². The highest BCUT2D eigenvalue weighted by atomic mass is 19.1. The van der Waals surface area contributed by atoms with Gasteiger partial charge >= 0.3 is 0 Å². The molecule has 33 heavy (non-hydrogen) atoms. The summed E-state index contributed by atoms with van der Waals surface area (Å²) in [5.41, 5.74) is 3.46. The second kappa shape index (κ2) is 8.08. The summed E-state index contributed by atoms with van der Waals surface area (Å²) < 4.78 is 21.6. The lowest BCUT2D eigenvalue weighted by atomic mass is 9.93. The number of rotatable bonds is 3. The van der Waals surface area contributed by atoms with Crippen LogP contribution in [0.1, 0.15) is 29.8 Å². The molecule has 0 bridgehead atoms. The summed E-state index contributed by atoms with van der Waals surface area (Å²) in [6.45, 7) is 7.76. The Morgan fingerprint density at radius 2 is 1.88 bits per heavy atom. The van der Waals surface area contributed by atoms with E-state index in [1.165, 1.54) is 6.07 Å². The van der Waals surface area contributed by atoms with E-state index in [4.69, 9.17) is 4.74 Å². The lowest BCUT2D eigenvalue weighted by Gasteiger charge is -2.37. The van der Waals surface area contributed by atoms with Crippen LogP contribution < -0.4 is 0 Å². The highest BCUT2D eigenvalue weighted by Gasteiger charge is 2.30. The SMILES string of the molecule is Cc1cn(-c2ncc(-c3ccccc3F)cn2)c2cc(C(=O)N3COCC(C)(C)C3)ccc12. The third kappa shape index (κ3) is 4.00. The molecule has 1 aliphatic rings. The number of ether oxygens (including phenoxy) is 1. The highest BCUT2D eigenvalue weighted by Crippen LogP contribution is 2.28. The molecule has 2 aromatic heterocycles. The molecule has 0 spiro atoms. The quantitative estimate of drug-likeness (QED) is 0.447. The van der Waals surface area contributed by atoms with Crippen molar-refractivity contribution in [3.05, 3.63) is 78.0 Å². The Morgan fingerprint density at radius 1 is 1.12 bits per heavy atom. The molecule has 0 N–H and O–H groups in total. The maximum Gasteiger partial charge on any atom is 0.255 e. The summed E-state index contributed by atoms with van der Waals surface area (Å²) in [6.07, 6.45) is 5.18. The molecule has 5 rings (SSSR count). The minimum atomic E-state index is -0.316. The molecule has 0 aliphatic carbocycles. The molecule has 0 unspecified atom stereocenters. The van der Waals surface area contributed by atoms with Crippen LogP contribution in [0.2, 0.25) is 0 Å². The Bertz CT molecular complexity index is 1340. The number of hydrogen-bond donors (Lipinski definition) is 0. The number of hydrogen-bond acceptors (Lipinski definition) is 4. The molecule has 1 aliphatic heterocycles. The Morgan fingerprint density at radius 3 is 2.61 bits per heavy atom. The smallest absolute Gasteiger partial charge is 0.255 e. The number of amides is 1. The summed E-state index contributed by atoms with van der Waals surface area (Å²) in [6, 6.07) is 12.2. The molecule has 168 valence electrons. The van der Waals surface area contributed by atoms with E-state index in [-0.39, 0.29) is 17.1 Å². The zero-order chi connectivity index (χ0) is 23.2. The lowest BCUT2D eigenvalue weighted by molar-refractivity contribution is -0.0628. The van der Waals surface area contributed by atoms with E-state index in [1.807, 2.05) is 35.9 Å². The first-order chi connectivity index (χ1) is 15.8. The van der Waals surface area contributed by atoms with Crippen LogP contribution in [0.5, 0.6) is 0 Å². The van der Waals surface area contributed by atoms with Gasteiger partial charge in [-0.2, -0.15) is 0 Å². The number of carbonyl (C=O) groups excluding carboxylic acids is 1. The molecule has 0 saturated carbocycles. The van der Waals surface area contributed by atoms with E-state index in [0.717, 1.165) is 16.5 Å². The van der Waals surface area contributed by atoms with Gasteiger partial charge in [0.1, 0.15) is 12.5 Å². The predicted octanol–water partition coefficient (Wildman–Crippen LogP) is 4.99. The Balaban J connectivity index is 1.50. The second-order valence-corrected chi connectivity index (χ2v) is 9.31. The maximum atomic E-state index is 14.1. The third-order valence-corrected chi connectivity index (χ3v) is 5.94. The highest BCUT2D eigenvalue weighted by molar-refractivity contribution is 5.99. The van der Waals surface area contributed by atoms with Gasteiger partial charge in [0, 0.05) is 52.6 Å². The molecule has 3 heterocycles. The lowest BCUT2D eigenvalue weighted by Crippen LogP contribution is -2.47. The average Bonchev–Trinajstić information content (AvgIpc) is 3.14. The normalized spacial score (nSPS) is 15.7. The fourth-order valence-corrected chi connectivity index (χ4v) is 4.33. The van der Waals surface area contributed by atoms with E-state index in [0.29, 0.717) is 42.5 Å². The van der Waals surface area contributed by atoms with Crippen LogP contribution in [0.15, 0.2) is 61.1 Å². The van der Waals surface area contributed by atoms with Crippen LogP contribution in [-0.2, 0) is 4.74 Å². The monoisotopic (exact) mass is 444 g/mol. The van der Waals surface area contributed by atoms with E-state index < -0.39 is 0 Å². The van der Waals surface area contributed by atoms with Crippen molar-refractivity contribution in [1.82, 2.24) is 19.4 Å². The topological polar surface area (TPSA) is 60.2 Å². The third-order valence-electron chi connectivity index (χ3n) is 5.94. The maximum absolute atomic E-state index is 14.1. The molecule has 0 atom stereocenters. The van der Waals surface area contributed by atoms with Crippen LogP contribution in [-0.4, -0.2) is 45.2 Å². The van der Waals surface area contributed by atoms with Crippen LogP contribution >= 0.6 is 0 Å². The minimum Gasteiger partial charge on any atom is -0.360 e. The van der Waals surface area contributed by atoms with Crippen LogP contribution in [0.4, 0.5) is 4.39 Å². The number of fused-ring (bicyclic) bond motifs is 1. The van der Waals surface area contributed by atoms with Crippen LogP contribution in [0.3, 0.4) is 0 Å². The Labute approximate surface area is 191 Å². The molecule has 4 aromatic rings. The first-order valence-corrected chi connectivity index (χ1v) is 10.9. The molecule has 1 amide bonds. The first-order valence-electron chi connectivity index (χ1n) is 10.9. The van der Waals surface area contributed by atoms with Gasteiger partial charge in [0.15, 0.2) is 0 Å². The molecule has 1 fully saturated rings. The first kappa shape index (κ1) is 21.3. The minimum absolute atomic E-state index is 0.0640. The van der Waals surface area contributed by atoms with Crippen molar-refractivity contribution in [1.29, 1.82) is 0 Å². The molecule has 7 heteroatoms. The number of carbonyl (C=O) groups is 1. The van der Waals surface area contributed by atoms with Crippen molar-refractivity contribution < 1.29 is 13.9 Å². The number of aromatic nitrogens is 3. The fraction of sp³-hybridized carbons (Fsp3) is 0.269. The van der Waals surface area contributed by atoms with Gasteiger partial charge in [-0.15, -0.1) is 0 Å². The summed E-state index contributed by atoms with van der Waals surface area (Å²) in [4.78, 5) is 23.9. The predicted molar refractivity (Wildman–Crippen MR) is 125 cm³/mol. The molecule has 6 nitrogen and oxygen atoms in total. The van der Waals surface area contributed by atoms with Gasteiger partial charge in [-0.25, -0.2) is 14.4 Å². The summed E-state index contributed by atoms with van der Waals surface area (Å²) in [7, 11) is 0. The molecular weight excluding hydrogens is 419 g/mol. The van der Waals surface area contributed by atoms with Gasteiger partial charge in [0.25, 0.3) is 5.91 Å². The van der Waals surface area contributed by atoms with Gasteiger partial charge in [-0.3, -0.25) is 9.36 Å². The van der Waals surface area contributed by atoms with Crippen molar-refractivity contribution >= 4 is 16.8 Å². The molecule has 0 radical (unpaired) electrons. The number of halogens is 1. The Hall–Kier alpha value is -3.58. The molecule has 2 aromatic carbocycles.